The third-order valence-electron chi connectivity index (χ3n) is 6.13. The number of ether oxygens (including phenoxy) is 1. The van der Waals surface area contributed by atoms with E-state index >= 15 is 0 Å². The highest BCUT2D eigenvalue weighted by Crippen LogP contribution is 2.35. The molecule has 1 saturated heterocycles. The van der Waals surface area contributed by atoms with E-state index in [-0.39, 0.29) is 18.6 Å². The van der Waals surface area contributed by atoms with E-state index in [0.29, 0.717) is 0 Å². The lowest BCUT2D eigenvalue weighted by Crippen LogP contribution is -2.67. The number of hydrogen-bond acceptors (Lipinski definition) is 8. The highest BCUT2D eigenvalue weighted by Gasteiger charge is 2.40. The standard InChI is InChI=1S/C21H28N6O2/c22-20-17-10-24-8-7-18(17)27(21(23)26(20)12-16-2-1-9-28-16)15-5-3-14(4-6-15)19-11-25-13-29-19/h3-6,11,13,16,20-21,24H,1-2,7-10,12,22-23H2. The van der Waals surface area contributed by atoms with Crippen LogP contribution in [0.25, 0.3) is 11.3 Å². The number of hydrogen-bond donors (Lipinski definition) is 3. The lowest BCUT2D eigenvalue weighted by molar-refractivity contribution is 0.0390. The summed E-state index contributed by atoms with van der Waals surface area (Å²) in [6, 6.07) is 8.27. The predicted octanol–water partition coefficient (Wildman–Crippen LogP) is 1.42. The topological polar surface area (TPSA) is 106 Å². The van der Waals surface area contributed by atoms with Crippen LogP contribution in [0.15, 0.2) is 52.5 Å². The Morgan fingerprint density at radius 2 is 2.07 bits per heavy atom. The second-order valence-electron chi connectivity index (χ2n) is 7.87. The van der Waals surface area contributed by atoms with E-state index in [1.807, 2.05) is 12.1 Å². The van der Waals surface area contributed by atoms with E-state index < -0.39 is 0 Å². The van der Waals surface area contributed by atoms with Crippen molar-refractivity contribution in [3.8, 4) is 11.3 Å². The van der Waals surface area contributed by atoms with Crippen molar-refractivity contribution in [3.63, 3.8) is 0 Å². The fourth-order valence-corrected chi connectivity index (χ4v) is 4.61. The van der Waals surface area contributed by atoms with Gasteiger partial charge in [-0.05, 0) is 42.7 Å². The molecule has 3 aliphatic rings. The normalized spacial score (nSPS) is 28.1. The maximum atomic E-state index is 6.80. The number of nitrogens with one attached hydrogen (secondary N) is 1. The molecule has 1 aromatic carbocycles. The summed E-state index contributed by atoms with van der Waals surface area (Å²) < 4.78 is 11.3. The van der Waals surface area contributed by atoms with E-state index in [4.69, 9.17) is 20.6 Å². The minimum Gasteiger partial charge on any atom is -0.444 e. The van der Waals surface area contributed by atoms with Gasteiger partial charge < -0.3 is 25.1 Å². The molecule has 1 fully saturated rings. The highest BCUT2D eigenvalue weighted by molar-refractivity contribution is 5.64. The number of aromatic nitrogens is 1. The second kappa shape index (κ2) is 7.89. The Morgan fingerprint density at radius 1 is 1.21 bits per heavy atom. The Morgan fingerprint density at radius 3 is 2.79 bits per heavy atom. The van der Waals surface area contributed by atoms with Crippen LogP contribution in [0, 0.1) is 0 Å². The summed E-state index contributed by atoms with van der Waals surface area (Å²) in [5, 5.41) is 3.46. The zero-order valence-corrected chi connectivity index (χ0v) is 16.5. The Bertz CT molecular complexity index is 860. The molecule has 0 radical (unpaired) electrons. The molecule has 0 aliphatic carbocycles. The van der Waals surface area contributed by atoms with Gasteiger partial charge in [-0.15, -0.1) is 0 Å². The fraction of sp³-hybridized carbons (Fsp3) is 0.476. The minimum absolute atomic E-state index is 0.193. The number of nitrogens with zero attached hydrogens (tertiary/aromatic N) is 3. The van der Waals surface area contributed by atoms with Gasteiger partial charge in [0.2, 0.25) is 0 Å². The largest absolute Gasteiger partial charge is 0.444 e. The molecule has 154 valence electrons. The smallest absolute Gasteiger partial charge is 0.181 e. The van der Waals surface area contributed by atoms with Crippen LogP contribution >= 0.6 is 0 Å². The predicted molar refractivity (Wildman–Crippen MR) is 111 cm³/mol. The third kappa shape index (κ3) is 3.47. The monoisotopic (exact) mass is 396 g/mol. The van der Waals surface area contributed by atoms with E-state index in [1.54, 1.807) is 6.20 Å². The molecule has 0 amide bonds. The van der Waals surface area contributed by atoms with Crippen LogP contribution in [0.5, 0.6) is 0 Å². The van der Waals surface area contributed by atoms with Crippen molar-refractivity contribution in [2.45, 2.75) is 37.8 Å². The average molecular weight is 396 g/mol. The van der Waals surface area contributed by atoms with Gasteiger partial charge in [-0.25, -0.2) is 9.88 Å². The Kier molecular flexibility index (Phi) is 5.11. The lowest BCUT2D eigenvalue weighted by atomic mass is 9.98. The van der Waals surface area contributed by atoms with Crippen LogP contribution in [-0.2, 0) is 4.74 Å². The van der Waals surface area contributed by atoms with Crippen molar-refractivity contribution in [3.05, 3.63) is 48.1 Å². The highest BCUT2D eigenvalue weighted by atomic mass is 16.5. The van der Waals surface area contributed by atoms with E-state index in [0.717, 1.165) is 62.5 Å². The SMILES string of the molecule is NC1C2=C(CCNC2)N(c2ccc(-c3cnco3)cc2)C(N)N1CC1CCCO1. The van der Waals surface area contributed by atoms with Crippen molar-refractivity contribution in [1.29, 1.82) is 0 Å². The van der Waals surface area contributed by atoms with Crippen LogP contribution < -0.4 is 21.7 Å². The van der Waals surface area contributed by atoms with Gasteiger partial charge in [0.15, 0.2) is 12.2 Å². The molecular formula is C21H28N6O2. The maximum absolute atomic E-state index is 6.80. The molecule has 0 spiro atoms. The zero-order valence-electron chi connectivity index (χ0n) is 16.5. The molecule has 0 bridgehead atoms. The molecule has 5 rings (SSSR count). The molecule has 5 N–H and O–H groups in total. The van der Waals surface area contributed by atoms with Crippen LogP contribution in [0.4, 0.5) is 5.69 Å². The second-order valence-corrected chi connectivity index (χ2v) is 7.87. The van der Waals surface area contributed by atoms with Crippen molar-refractivity contribution in [2.24, 2.45) is 11.5 Å². The van der Waals surface area contributed by atoms with Crippen LogP contribution in [0.2, 0.25) is 0 Å². The van der Waals surface area contributed by atoms with Crippen LogP contribution in [0.3, 0.4) is 0 Å². The van der Waals surface area contributed by atoms with Gasteiger partial charge in [-0.1, -0.05) is 0 Å². The summed E-state index contributed by atoms with van der Waals surface area (Å²) in [6.07, 6.45) is 5.91. The Labute approximate surface area is 170 Å². The average Bonchev–Trinajstić information content (AvgIpc) is 3.46. The first-order chi connectivity index (χ1) is 14.2. The number of anilines is 1. The van der Waals surface area contributed by atoms with Gasteiger partial charge in [0.05, 0.1) is 18.5 Å². The van der Waals surface area contributed by atoms with Gasteiger partial charge in [0.25, 0.3) is 0 Å². The molecule has 29 heavy (non-hydrogen) atoms. The Hall–Kier alpha value is -2.23. The lowest BCUT2D eigenvalue weighted by Gasteiger charge is -2.50. The summed E-state index contributed by atoms with van der Waals surface area (Å²) in [5.41, 5.74) is 18.0. The molecule has 8 nitrogen and oxygen atoms in total. The molecule has 3 atom stereocenters. The van der Waals surface area contributed by atoms with Crippen LogP contribution in [0.1, 0.15) is 19.3 Å². The molecule has 4 heterocycles. The molecular weight excluding hydrogens is 368 g/mol. The van der Waals surface area contributed by atoms with E-state index in [1.165, 1.54) is 17.7 Å². The number of oxazole rings is 1. The minimum atomic E-state index is -0.331. The molecule has 0 saturated carbocycles. The van der Waals surface area contributed by atoms with Crippen molar-refractivity contribution < 1.29 is 9.15 Å². The summed E-state index contributed by atoms with van der Waals surface area (Å²) >= 11 is 0. The van der Waals surface area contributed by atoms with Gasteiger partial charge in [-0.3, -0.25) is 5.73 Å². The summed E-state index contributed by atoms with van der Waals surface area (Å²) in [5.74, 6) is 0.753. The molecule has 2 aromatic rings. The molecule has 8 heteroatoms. The zero-order chi connectivity index (χ0) is 19.8. The first-order valence-corrected chi connectivity index (χ1v) is 10.3. The summed E-state index contributed by atoms with van der Waals surface area (Å²) in [6.45, 7) is 3.28. The van der Waals surface area contributed by atoms with Crippen LogP contribution in [-0.4, -0.2) is 54.7 Å². The van der Waals surface area contributed by atoms with Crippen molar-refractivity contribution in [1.82, 2.24) is 15.2 Å². The summed E-state index contributed by atoms with van der Waals surface area (Å²) in [4.78, 5) is 8.41. The quantitative estimate of drug-likeness (QED) is 0.713. The number of rotatable bonds is 4. The van der Waals surface area contributed by atoms with Gasteiger partial charge in [0, 0.05) is 49.6 Å². The van der Waals surface area contributed by atoms with Gasteiger partial charge in [-0.2, -0.15) is 0 Å². The van der Waals surface area contributed by atoms with E-state index in [2.05, 4.69) is 32.2 Å². The molecule has 3 aliphatic heterocycles. The van der Waals surface area contributed by atoms with Crippen molar-refractivity contribution >= 4 is 5.69 Å². The fourth-order valence-electron chi connectivity index (χ4n) is 4.61. The Balaban J connectivity index is 1.48. The number of nitrogens with two attached hydrogens (primary N) is 2. The van der Waals surface area contributed by atoms with Crippen molar-refractivity contribution in [2.75, 3.05) is 31.1 Å². The molecule has 1 aromatic heterocycles. The molecule has 3 unspecified atom stereocenters. The number of benzene rings is 1. The first kappa shape index (κ1) is 18.8. The van der Waals surface area contributed by atoms with Gasteiger partial charge >= 0.3 is 0 Å². The summed E-state index contributed by atoms with van der Waals surface area (Å²) in [7, 11) is 0. The maximum Gasteiger partial charge on any atom is 0.181 e. The van der Waals surface area contributed by atoms with E-state index in [9.17, 15) is 0 Å². The van der Waals surface area contributed by atoms with Gasteiger partial charge in [0.1, 0.15) is 6.29 Å². The first-order valence-electron chi connectivity index (χ1n) is 10.3. The third-order valence-corrected chi connectivity index (χ3v) is 6.13.